The van der Waals surface area contributed by atoms with Crippen LogP contribution in [-0.2, 0) is 11.2 Å². The summed E-state index contributed by atoms with van der Waals surface area (Å²) < 4.78 is 0. The van der Waals surface area contributed by atoms with E-state index in [1.165, 1.54) is 0 Å². The molecule has 0 radical (unpaired) electrons. The molecule has 0 spiro atoms. The highest BCUT2D eigenvalue weighted by molar-refractivity contribution is 5.94. The number of nitrogens with two attached hydrogens (primary N) is 1. The fraction of sp³-hybridized carbons (Fsp3) is 0.158. The zero-order chi connectivity index (χ0) is 17.6. The van der Waals surface area contributed by atoms with Gasteiger partial charge in [0.25, 0.3) is 0 Å². The number of anilines is 1. The number of carbonyl (C=O) groups excluding carboxylic acids is 2. The van der Waals surface area contributed by atoms with Crippen molar-refractivity contribution in [2.45, 2.75) is 19.3 Å². The molecule has 3 rings (SSSR count). The number of aryl methyl sites for hydroxylation is 1. The summed E-state index contributed by atoms with van der Waals surface area (Å²) in [5, 5.41) is 11.8. The average Bonchev–Trinajstić information content (AvgIpc) is 2.62. The second kappa shape index (κ2) is 7.53. The molecule has 25 heavy (non-hydrogen) atoms. The maximum atomic E-state index is 12.1. The molecule has 3 aromatic rings. The maximum Gasteiger partial charge on any atom is 0.248 e. The van der Waals surface area contributed by atoms with E-state index in [1.807, 2.05) is 36.4 Å². The Balaban J connectivity index is 1.57. The number of nitrogens with zero attached hydrogens (tertiary/aromatic N) is 2. The lowest BCUT2D eigenvalue weighted by Crippen LogP contribution is -2.15. The number of amides is 2. The summed E-state index contributed by atoms with van der Waals surface area (Å²) in [5.41, 5.74) is 7.50. The van der Waals surface area contributed by atoms with E-state index in [9.17, 15) is 9.59 Å². The minimum atomic E-state index is -0.452. The smallest absolute Gasteiger partial charge is 0.248 e. The third-order valence-corrected chi connectivity index (χ3v) is 3.89. The maximum absolute atomic E-state index is 12.1. The van der Waals surface area contributed by atoms with Crippen molar-refractivity contribution in [3.63, 3.8) is 0 Å². The number of fused-ring (bicyclic) bond motifs is 1. The van der Waals surface area contributed by atoms with E-state index in [1.54, 1.807) is 18.2 Å². The summed E-state index contributed by atoms with van der Waals surface area (Å²) in [4.78, 5) is 23.5. The van der Waals surface area contributed by atoms with Crippen LogP contribution in [-0.4, -0.2) is 22.0 Å². The summed E-state index contributed by atoms with van der Waals surface area (Å²) in [7, 11) is 0. The first-order valence-corrected chi connectivity index (χ1v) is 8.03. The van der Waals surface area contributed by atoms with Gasteiger partial charge in [0, 0.05) is 17.4 Å². The molecule has 0 saturated heterocycles. The Morgan fingerprint density at radius 2 is 1.76 bits per heavy atom. The van der Waals surface area contributed by atoms with Crippen molar-refractivity contribution in [1.29, 1.82) is 0 Å². The summed E-state index contributed by atoms with van der Waals surface area (Å²) in [5.74, 6) is -0.158. The van der Waals surface area contributed by atoms with Crippen molar-refractivity contribution in [2.75, 3.05) is 5.32 Å². The molecule has 6 nitrogen and oxygen atoms in total. The molecule has 0 fully saturated rings. The van der Waals surface area contributed by atoms with Crippen molar-refractivity contribution in [1.82, 2.24) is 10.2 Å². The number of rotatable bonds is 6. The molecule has 0 unspecified atom stereocenters. The van der Waals surface area contributed by atoms with Gasteiger partial charge in [-0.25, -0.2) is 0 Å². The van der Waals surface area contributed by atoms with Crippen molar-refractivity contribution in [3.8, 4) is 0 Å². The molecule has 0 bridgehead atoms. The zero-order valence-electron chi connectivity index (χ0n) is 13.6. The third-order valence-electron chi connectivity index (χ3n) is 3.89. The zero-order valence-corrected chi connectivity index (χ0v) is 13.6. The second-order valence-electron chi connectivity index (χ2n) is 5.71. The fourth-order valence-electron chi connectivity index (χ4n) is 2.67. The highest BCUT2D eigenvalue weighted by Gasteiger charge is 2.09. The van der Waals surface area contributed by atoms with Gasteiger partial charge >= 0.3 is 0 Å². The van der Waals surface area contributed by atoms with Crippen LogP contribution in [0.3, 0.4) is 0 Å². The van der Waals surface area contributed by atoms with Crippen LogP contribution in [0.25, 0.3) is 10.9 Å². The van der Waals surface area contributed by atoms with Gasteiger partial charge in [0.1, 0.15) is 0 Å². The van der Waals surface area contributed by atoms with Crippen molar-refractivity contribution in [2.24, 2.45) is 5.73 Å². The van der Waals surface area contributed by atoms with Gasteiger partial charge in [-0.1, -0.05) is 36.4 Å². The number of benzene rings is 2. The Morgan fingerprint density at radius 3 is 2.60 bits per heavy atom. The quantitative estimate of drug-likeness (QED) is 0.724. The van der Waals surface area contributed by atoms with Gasteiger partial charge in [-0.15, -0.1) is 10.2 Å². The van der Waals surface area contributed by atoms with Gasteiger partial charge in [0.2, 0.25) is 11.8 Å². The molecule has 3 N–H and O–H groups in total. The van der Waals surface area contributed by atoms with E-state index in [0.29, 0.717) is 30.6 Å². The normalized spacial score (nSPS) is 10.6. The summed E-state index contributed by atoms with van der Waals surface area (Å²) >= 11 is 0. The Morgan fingerprint density at radius 1 is 1.00 bits per heavy atom. The molecule has 126 valence electrons. The molecule has 2 aromatic carbocycles. The average molecular weight is 334 g/mol. The second-order valence-corrected chi connectivity index (χ2v) is 5.71. The van der Waals surface area contributed by atoms with E-state index in [2.05, 4.69) is 15.5 Å². The highest BCUT2D eigenvalue weighted by atomic mass is 16.2. The molecule has 0 saturated carbocycles. The molecule has 6 heteroatoms. The first-order valence-electron chi connectivity index (χ1n) is 8.03. The Labute approximate surface area is 145 Å². The lowest BCUT2D eigenvalue weighted by atomic mass is 10.0. The SMILES string of the molecule is NC(=O)c1ccccc1CCCC(=O)Nc1cc2ccccc2nn1. The van der Waals surface area contributed by atoms with Crippen LogP contribution in [0.1, 0.15) is 28.8 Å². The fourth-order valence-corrected chi connectivity index (χ4v) is 2.67. The largest absolute Gasteiger partial charge is 0.366 e. The molecular weight excluding hydrogens is 316 g/mol. The monoisotopic (exact) mass is 334 g/mol. The van der Waals surface area contributed by atoms with Crippen molar-refractivity contribution in [3.05, 3.63) is 65.7 Å². The predicted molar refractivity (Wildman–Crippen MR) is 96.1 cm³/mol. The van der Waals surface area contributed by atoms with Gasteiger partial charge in [0.05, 0.1) is 5.52 Å². The van der Waals surface area contributed by atoms with Gasteiger partial charge < -0.3 is 11.1 Å². The van der Waals surface area contributed by atoms with Gasteiger partial charge in [0.15, 0.2) is 5.82 Å². The number of primary amides is 1. The summed E-state index contributed by atoms with van der Waals surface area (Å²) in [6.07, 6.45) is 1.54. The van der Waals surface area contributed by atoms with E-state index in [-0.39, 0.29) is 5.91 Å². The van der Waals surface area contributed by atoms with Crippen LogP contribution in [0.2, 0.25) is 0 Å². The molecule has 0 aliphatic heterocycles. The standard InChI is InChI=1S/C19H18N4O2/c20-19(25)15-9-3-1-6-13(15)8-5-11-18(24)21-17-12-14-7-2-4-10-16(14)22-23-17/h1-4,6-7,9-10,12H,5,8,11H2,(H2,20,25)(H,21,23,24). The molecule has 1 aromatic heterocycles. The number of carbonyl (C=O) groups is 2. The van der Waals surface area contributed by atoms with Gasteiger partial charge in [-0.05, 0) is 36.6 Å². The molecule has 0 aliphatic carbocycles. The molecule has 2 amide bonds. The highest BCUT2D eigenvalue weighted by Crippen LogP contribution is 2.15. The summed E-state index contributed by atoms with van der Waals surface area (Å²) in [6.45, 7) is 0. The van der Waals surface area contributed by atoms with Crippen LogP contribution in [0.15, 0.2) is 54.6 Å². The third kappa shape index (κ3) is 4.17. The van der Waals surface area contributed by atoms with E-state index in [0.717, 1.165) is 16.5 Å². The van der Waals surface area contributed by atoms with E-state index >= 15 is 0 Å². The first-order chi connectivity index (χ1) is 12.1. The number of hydrogen-bond donors (Lipinski definition) is 2. The minimum Gasteiger partial charge on any atom is -0.366 e. The van der Waals surface area contributed by atoms with Crippen LogP contribution in [0.4, 0.5) is 5.82 Å². The molecule has 0 atom stereocenters. The van der Waals surface area contributed by atoms with Crippen LogP contribution in [0, 0.1) is 0 Å². The summed E-state index contributed by atoms with van der Waals surface area (Å²) in [6, 6.07) is 16.6. The predicted octanol–water partition coefficient (Wildman–Crippen LogP) is 2.69. The first kappa shape index (κ1) is 16.6. The Bertz CT molecular complexity index is 924. The van der Waals surface area contributed by atoms with Gasteiger partial charge in [-0.3, -0.25) is 9.59 Å². The Hall–Kier alpha value is -3.28. The number of hydrogen-bond acceptors (Lipinski definition) is 4. The lowest BCUT2D eigenvalue weighted by molar-refractivity contribution is -0.116. The molecule has 0 aliphatic rings. The lowest BCUT2D eigenvalue weighted by Gasteiger charge is -2.07. The van der Waals surface area contributed by atoms with Crippen molar-refractivity contribution < 1.29 is 9.59 Å². The van der Waals surface area contributed by atoms with Crippen LogP contribution in [0.5, 0.6) is 0 Å². The van der Waals surface area contributed by atoms with Crippen molar-refractivity contribution >= 4 is 28.5 Å². The van der Waals surface area contributed by atoms with Gasteiger partial charge in [-0.2, -0.15) is 0 Å². The number of nitrogens with one attached hydrogen (secondary N) is 1. The molecular formula is C19H18N4O2. The van der Waals surface area contributed by atoms with E-state index < -0.39 is 5.91 Å². The van der Waals surface area contributed by atoms with Crippen LogP contribution >= 0.6 is 0 Å². The minimum absolute atomic E-state index is 0.138. The molecule has 1 heterocycles. The van der Waals surface area contributed by atoms with E-state index in [4.69, 9.17) is 5.73 Å². The van der Waals surface area contributed by atoms with Crippen LogP contribution < -0.4 is 11.1 Å². The number of aromatic nitrogens is 2. The topological polar surface area (TPSA) is 98.0 Å². The Kier molecular flexibility index (Phi) is 4.99.